The normalized spacial score (nSPS) is 11.6. The summed E-state index contributed by atoms with van der Waals surface area (Å²) < 4.78 is 40.9. The van der Waals surface area contributed by atoms with Gasteiger partial charge in [0.2, 0.25) is 5.96 Å². The third-order valence-corrected chi connectivity index (χ3v) is 2.48. The maximum absolute atomic E-state index is 12.5. The van der Waals surface area contributed by atoms with Crippen LogP contribution in [0.15, 0.2) is 28.8 Å². The van der Waals surface area contributed by atoms with Crippen molar-refractivity contribution in [1.82, 2.24) is 10.6 Å². The lowest BCUT2D eigenvalue weighted by molar-refractivity contribution is -0.137. The van der Waals surface area contributed by atoms with Gasteiger partial charge in [0, 0.05) is 23.9 Å². The van der Waals surface area contributed by atoms with Gasteiger partial charge in [-0.1, -0.05) is 13.0 Å². The minimum atomic E-state index is -4.50. The molecule has 118 valence electrons. The molecule has 1 aromatic rings. The lowest BCUT2D eigenvalue weighted by atomic mass is 10.1. The second-order valence-corrected chi connectivity index (χ2v) is 4.06. The van der Waals surface area contributed by atoms with Crippen molar-refractivity contribution in [3.63, 3.8) is 0 Å². The molecule has 21 heavy (non-hydrogen) atoms. The molecule has 1 rings (SSSR count). The van der Waals surface area contributed by atoms with Crippen LogP contribution in [0, 0.1) is 0 Å². The Bertz CT molecular complexity index is 507. The van der Waals surface area contributed by atoms with Crippen LogP contribution in [-0.2, 0) is 6.18 Å². The summed E-state index contributed by atoms with van der Waals surface area (Å²) in [5, 5.41) is 5.03. The Labute approximate surface area is 131 Å². The molecule has 4 nitrogen and oxygen atoms in total. The Morgan fingerprint density at radius 1 is 1.38 bits per heavy atom. The average molecular weight is 344 g/mol. The van der Waals surface area contributed by atoms with E-state index in [4.69, 9.17) is 11.8 Å². The van der Waals surface area contributed by atoms with Crippen LogP contribution in [0.5, 0.6) is 0 Å². The fraction of sp³-hybridized carbons (Fsp3) is 0.333. The maximum Gasteiger partial charge on any atom is 0.416 e. The summed E-state index contributed by atoms with van der Waals surface area (Å²) in [4.78, 5) is 11.8. The van der Waals surface area contributed by atoms with Crippen molar-refractivity contribution in [1.29, 1.82) is 0 Å². The number of alkyl halides is 3. The minimum absolute atomic E-state index is 0. The van der Waals surface area contributed by atoms with Gasteiger partial charge in [0.15, 0.2) is 0 Å². The standard InChI is InChI=1S/C12H13ClF3N3O.ClH/c1-2-6-17-11(19-13)18-10(20)8-4-3-5-9(7-8)12(14,15)16;/h3-5,7H,2,6H2,1H3,(H2,17,18,19,20);1H. The molecule has 0 atom stereocenters. The van der Waals surface area contributed by atoms with Crippen LogP contribution >= 0.6 is 24.2 Å². The van der Waals surface area contributed by atoms with Gasteiger partial charge in [0.25, 0.3) is 5.91 Å². The molecule has 0 aliphatic carbocycles. The fourth-order valence-electron chi connectivity index (χ4n) is 1.36. The topological polar surface area (TPSA) is 53.5 Å². The molecule has 0 unspecified atom stereocenters. The number of carbonyl (C=O) groups excluding carboxylic acids is 1. The van der Waals surface area contributed by atoms with Crippen LogP contribution in [-0.4, -0.2) is 18.4 Å². The predicted octanol–water partition coefficient (Wildman–Crippen LogP) is 3.37. The number of rotatable bonds is 3. The second kappa shape index (κ2) is 8.74. The monoisotopic (exact) mass is 343 g/mol. The van der Waals surface area contributed by atoms with Gasteiger partial charge in [0.05, 0.1) is 5.56 Å². The fourth-order valence-corrected chi connectivity index (χ4v) is 1.46. The third-order valence-electron chi connectivity index (χ3n) is 2.31. The summed E-state index contributed by atoms with van der Waals surface area (Å²) >= 11 is 5.27. The molecule has 0 saturated carbocycles. The summed E-state index contributed by atoms with van der Waals surface area (Å²) in [5.41, 5.74) is -1.02. The highest BCUT2D eigenvalue weighted by Gasteiger charge is 2.30. The molecule has 2 N–H and O–H groups in total. The first kappa shape index (κ1) is 19.5. The first-order chi connectivity index (χ1) is 9.38. The van der Waals surface area contributed by atoms with Gasteiger partial charge in [-0.3, -0.25) is 10.1 Å². The number of carbonyl (C=O) groups is 1. The van der Waals surface area contributed by atoms with Crippen LogP contribution in [0.3, 0.4) is 0 Å². The summed E-state index contributed by atoms with van der Waals surface area (Å²) in [5.74, 6) is -0.727. The zero-order valence-electron chi connectivity index (χ0n) is 11.0. The van der Waals surface area contributed by atoms with E-state index in [-0.39, 0.29) is 23.9 Å². The van der Waals surface area contributed by atoms with Gasteiger partial charge >= 0.3 is 6.18 Å². The van der Waals surface area contributed by atoms with E-state index in [1.807, 2.05) is 6.92 Å². The number of hydrogen-bond acceptors (Lipinski definition) is 2. The molecule has 1 amide bonds. The van der Waals surface area contributed by atoms with Crippen LogP contribution < -0.4 is 10.6 Å². The predicted molar refractivity (Wildman–Crippen MR) is 77.7 cm³/mol. The van der Waals surface area contributed by atoms with Gasteiger partial charge in [-0.05, 0) is 24.6 Å². The molecule has 9 heteroatoms. The third kappa shape index (κ3) is 6.22. The molecular weight excluding hydrogens is 330 g/mol. The minimum Gasteiger partial charge on any atom is -0.355 e. The van der Waals surface area contributed by atoms with E-state index in [1.54, 1.807) is 0 Å². The summed E-state index contributed by atoms with van der Waals surface area (Å²) in [7, 11) is 0. The Kier molecular flexibility index (Phi) is 8.12. The van der Waals surface area contributed by atoms with E-state index < -0.39 is 17.6 Å². The number of guanidine groups is 1. The lowest BCUT2D eigenvalue weighted by Gasteiger charge is -2.11. The molecular formula is C12H14Cl2F3N3O. The van der Waals surface area contributed by atoms with Crippen molar-refractivity contribution in [2.75, 3.05) is 6.54 Å². The molecule has 0 radical (unpaired) electrons. The van der Waals surface area contributed by atoms with Crippen molar-refractivity contribution >= 4 is 36.1 Å². The van der Waals surface area contributed by atoms with Gasteiger partial charge in [0.1, 0.15) is 0 Å². The van der Waals surface area contributed by atoms with Crippen LogP contribution in [0.4, 0.5) is 13.2 Å². The van der Waals surface area contributed by atoms with E-state index >= 15 is 0 Å². The summed E-state index contributed by atoms with van der Waals surface area (Å²) in [6.45, 7) is 2.42. The van der Waals surface area contributed by atoms with Gasteiger partial charge in [-0.15, -0.1) is 16.9 Å². The van der Waals surface area contributed by atoms with Crippen molar-refractivity contribution in [3.05, 3.63) is 35.4 Å². The molecule has 0 aromatic heterocycles. The van der Waals surface area contributed by atoms with Crippen molar-refractivity contribution in [2.45, 2.75) is 19.5 Å². The molecule has 0 aliphatic rings. The Morgan fingerprint density at radius 2 is 2.05 bits per heavy atom. The van der Waals surface area contributed by atoms with Crippen LogP contribution in [0.2, 0.25) is 0 Å². The quantitative estimate of drug-likeness (QED) is 0.653. The summed E-state index contributed by atoms with van der Waals surface area (Å²) in [6.07, 6.45) is -3.73. The van der Waals surface area contributed by atoms with Gasteiger partial charge in [-0.25, -0.2) is 0 Å². The van der Waals surface area contributed by atoms with E-state index in [1.165, 1.54) is 6.07 Å². The summed E-state index contributed by atoms with van der Waals surface area (Å²) in [6, 6.07) is 4.09. The van der Waals surface area contributed by atoms with Crippen LogP contribution in [0.25, 0.3) is 0 Å². The van der Waals surface area contributed by atoms with Crippen molar-refractivity contribution < 1.29 is 18.0 Å². The zero-order chi connectivity index (χ0) is 15.2. The number of amides is 1. The first-order valence-electron chi connectivity index (χ1n) is 5.80. The highest BCUT2D eigenvalue weighted by Crippen LogP contribution is 2.29. The smallest absolute Gasteiger partial charge is 0.355 e. The van der Waals surface area contributed by atoms with E-state index in [0.717, 1.165) is 24.6 Å². The lowest BCUT2D eigenvalue weighted by Crippen LogP contribution is -2.40. The average Bonchev–Trinajstić information content (AvgIpc) is 2.42. The second-order valence-electron chi connectivity index (χ2n) is 3.89. The van der Waals surface area contributed by atoms with Crippen molar-refractivity contribution in [2.24, 2.45) is 4.51 Å². The molecule has 0 saturated heterocycles. The number of nitrogens with zero attached hydrogens (tertiary/aromatic N) is 1. The Balaban J connectivity index is 0.00000400. The van der Waals surface area contributed by atoms with E-state index in [0.29, 0.717) is 6.54 Å². The Morgan fingerprint density at radius 3 is 2.57 bits per heavy atom. The Hall–Kier alpha value is -1.47. The number of halogens is 5. The SMILES string of the molecule is CCCNC(=NCl)NC(=O)c1cccc(C(F)(F)F)c1.Cl. The number of hydrogen-bond donors (Lipinski definition) is 2. The number of nitrogens with one attached hydrogen (secondary N) is 2. The molecule has 1 aromatic carbocycles. The highest BCUT2D eigenvalue weighted by molar-refractivity contribution is 6.21. The first-order valence-corrected chi connectivity index (χ1v) is 6.13. The van der Waals surface area contributed by atoms with E-state index in [2.05, 4.69) is 15.1 Å². The maximum atomic E-state index is 12.5. The highest BCUT2D eigenvalue weighted by atomic mass is 35.5. The van der Waals surface area contributed by atoms with E-state index in [9.17, 15) is 18.0 Å². The molecule has 0 heterocycles. The molecule has 0 aliphatic heterocycles. The molecule has 0 bridgehead atoms. The largest absolute Gasteiger partial charge is 0.416 e. The number of benzene rings is 1. The zero-order valence-corrected chi connectivity index (χ0v) is 12.6. The van der Waals surface area contributed by atoms with Crippen molar-refractivity contribution in [3.8, 4) is 0 Å². The van der Waals surface area contributed by atoms with Gasteiger partial charge < -0.3 is 5.32 Å². The van der Waals surface area contributed by atoms with Gasteiger partial charge in [-0.2, -0.15) is 13.2 Å². The van der Waals surface area contributed by atoms with Crippen LogP contribution in [0.1, 0.15) is 29.3 Å². The molecule has 0 spiro atoms. The molecule has 0 fully saturated rings.